The molecule has 0 fully saturated rings. The highest BCUT2D eigenvalue weighted by atomic mass is 32.2. The molecule has 1 aromatic carbocycles. The summed E-state index contributed by atoms with van der Waals surface area (Å²) in [6, 6.07) is 5.67. The number of benzene rings is 1. The number of amides is 1. The molecular formula is C17H17F3N6OS2. The first-order chi connectivity index (χ1) is 13.6. The number of anilines is 2. The highest BCUT2D eigenvalue weighted by Crippen LogP contribution is 2.34. The van der Waals surface area contributed by atoms with Crippen LogP contribution in [0.2, 0.25) is 0 Å². The SMILES string of the molecule is CC(=O)N(c1nc(CSc2nnc(C(F)(F)F)n2N)cs1)c1cccc(C)c1C. The van der Waals surface area contributed by atoms with Crippen molar-refractivity contribution in [3.63, 3.8) is 0 Å². The van der Waals surface area contributed by atoms with Gasteiger partial charge in [0.15, 0.2) is 5.13 Å². The number of carbonyl (C=O) groups is 1. The molecule has 0 unspecified atom stereocenters. The van der Waals surface area contributed by atoms with Gasteiger partial charge >= 0.3 is 6.18 Å². The molecule has 0 saturated carbocycles. The normalized spacial score (nSPS) is 11.7. The van der Waals surface area contributed by atoms with E-state index in [0.717, 1.165) is 28.6 Å². The lowest BCUT2D eigenvalue weighted by atomic mass is 10.1. The summed E-state index contributed by atoms with van der Waals surface area (Å²) in [6.45, 7) is 5.34. The molecule has 2 N–H and O–H groups in total. The van der Waals surface area contributed by atoms with Crippen molar-refractivity contribution in [2.45, 2.75) is 37.9 Å². The van der Waals surface area contributed by atoms with Gasteiger partial charge in [-0.2, -0.15) is 13.2 Å². The van der Waals surface area contributed by atoms with Gasteiger partial charge in [-0.05, 0) is 31.0 Å². The zero-order chi connectivity index (χ0) is 21.3. The molecule has 0 aliphatic rings. The average molecular weight is 442 g/mol. The zero-order valence-corrected chi connectivity index (χ0v) is 17.3. The number of thioether (sulfide) groups is 1. The van der Waals surface area contributed by atoms with Gasteiger partial charge in [-0.3, -0.25) is 9.69 Å². The van der Waals surface area contributed by atoms with Gasteiger partial charge in [0.25, 0.3) is 5.82 Å². The van der Waals surface area contributed by atoms with E-state index >= 15 is 0 Å². The van der Waals surface area contributed by atoms with Crippen molar-refractivity contribution in [2.24, 2.45) is 0 Å². The minimum Gasteiger partial charge on any atom is -0.335 e. The van der Waals surface area contributed by atoms with Gasteiger partial charge in [0.05, 0.1) is 11.4 Å². The molecule has 3 aromatic rings. The number of nitrogens with zero attached hydrogens (tertiary/aromatic N) is 5. The Bertz CT molecular complexity index is 1050. The number of aryl methyl sites for hydroxylation is 1. The molecule has 2 aromatic heterocycles. The predicted molar refractivity (Wildman–Crippen MR) is 106 cm³/mol. The summed E-state index contributed by atoms with van der Waals surface area (Å²) in [6.07, 6.45) is -4.68. The third kappa shape index (κ3) is 4.37. The number of aromatic nitrogens is 4. The molecule has 0 saturated heterocycles. The highest BCUT2D eigenvalue weighted by molar-refractivity contribution is 7.98. The Labute approximate surface area is 172 Å². The first kappa shape index (κ1) is 21.1. The van der Waals surface area contributed by atoms with Crippen molar-refractivity contribution in [1.29, 1.82) is 0 Å². The second kappa shape index (κ2) is 8.03. The summed E-state index contributed by atoms with van der Waals surface area (Å²) < 4.78 is 38.7. The van der Waals surface area contributed by atoms with Gasteiger partial charge in [-0.1, -0.05) is 23.9 Å². The van der Waals surface area contributed by atoms with Crippen LogP contribution >= 0.6 is 23.1 Å². The van der Waals surface area contributed by atoms with E-state index in [9.17, 15) is 18.0 Å². The van der Waals surface area contributed by atoms with E-state index in [1.54, 1.807) is 5.38 Å². The molecule has 0 atom stereocenters. The van der Waals surface area contributed by atoms with Gasteiger partial charge in [0.1, 0.15) is 0 Å². The molecule has 3 rings (SSSR count). The van der Waals surface area contributed by atoms with E-state index < -0.39 is 12.0 Å². The van der Waals surface area contributed by atoms with Crippen LogP contribution in [0.1, 0.15) is 29.6 Å². The van der Waals surface area contributed by atoms with E-state index in [2.05, 4.69) is 15.2 Å². The Balaban J connectivity index is 1.80. The van der Waals surface area contributed by atoms with Crippen molar-refractivity contribution in [2.75, 3.05) is 10.7 Å². The minimum atomic E-state index is -4.68. The van der Waals surface area contributed by atoms with Crippen LogP contribution in [0.15, 0.2) is 28.7 Å². The maximum absolute atomic E-state index is 12.8. The topological polar surface area (TPSA) is 89.9 Å². The lowest BCUT2D eigenvalue weighted by molar-refractivity contribution is -0.146. The summed E-state index contributed by atoms with van der Waals surface area (Å²) in [4.78, 5) is 18.3. The first-order valence-electron chi connectivity index (χ1n) is 8.31. The third-order valence-electron chi connectivity index (χ3n) is 4.13. The van der Waals surface area contributed by atoms with E-state index in [1.807, 2.05) is 32.0 Å². The molecule has 154 valence electrons. The van der Waals surface area contributed by atoms with Crippen molar-refractivity contribution < 1.29 is 18.0 Å². The van der Waals surface area contributed by atoms with Crippen molar-refractivity contribution in [1.82, 2.24) is 19.9 Å². The first-order valence-corrected chi connectivity index (χ1v) is 10.2. The van der Waals surface area contributed by atoms with Crippen LogP contribution < -0.4 is 10.7 Å². The highest BCUT2D eigenvalue weighted by Gasteiger charge is 2.38. The number of nitrogens with two attached hydrogens (primary N) is 1. The van der Waals surface area contributed by atoms with E-state index in [1.165, 1.54) is 23.2 Å². The molecule has 0 aliphatic heterocycles. The fourth-order valence-electron chi connectivity index (χ4n) is 2.56. The number of carbonyl (C=O) groups excluding carboxylic acids is 1. The lowest BCUT2D eigenvalue weighted by Crippen LogP contribution is -2.23. The molecular weight excluding hydrogens is 425 g/mol. The van der Waals surface area contributed by atoms with Crippen molar-refractivity contribution >= 4 is 39.8 Å². The summed E-state index contributed by atoms with van der Waals surface area (Å²) >= 11 is 2.25. The van der Waals surface area contributed by atoms with Crippen LogP contribution in [-0.4, -0.2) is 25.8 Å². The maximum Gasteiger partial charge on any atom is 0.453 e. The second-order valence-electron chi connectivity index (χ2n) is 6.16. The second-order valence-corrected chi connectivity index (χ2v) is 7.94. The van der Waals surface area contributed by atoms with Crippen molar-refractivity contribution in [3.8, 4) is 0 Å². The Morgan fingerprint density at radius 2 is 2.03 bits per heavy atom. The predicted octanol–water partition coefficient (Wildman–Crippen LogP) is 4.06. The molecule has 0 bridgehead atoms. The molecule has 1 amide bonds. The quantitative estimate of drug-likeness (QED) is 0.473. The van der Waals surface area contributed by atoms with Crippen LogP contribution in [0.3, 0.4) is 0 Å². The van der Waals surface area contributed by atoms with Gasteiger partial charge in [-0.25, -0.2) is 9.66 Å². The zero-order valence-electron chi connectivity index (χ0n) is 15.7. The number of rotatable bonds is 5. The molecule has 7 nitrogen and oxygen atoms in total. The molecule has 0 aliphatic carbocycles. The summed E-state index contributed by atoms with van der Waals surface area (Å²) in [5, 5.41) is 8.70. The van der Waals surface area contributed by atoms with Gasteiger partial charge in [0, 0.05) is 18.1 Å². The van der Waals surface area contributed by atoms with Crippen LogP contribution in [0, 0.1) is 13.8 Å². The van der Waals surface area contributed by atoms with Crippen LogP contribution in [0.5, 0.6) is 0 Å². The molecule has 0 spiro atoms. The third-order valence-corrected chi connectivity index (χ3v) is 5.98. The van der Waals surface area contributed by atoms with Crippen LogP contribution in [0.4, 0.5) is 24.0 Å². The largest absolute Gasteiger partial charge is 0.453 e. The number of hydrogen-bond acceptors (Lipinski definition) is 7. The smallest absolute Gasteiger partial charge is 0.335 e. The molecule has 12 heteroatoms. The fraction of sp³-hybridized carbons (Fsp3) is 0.294. The summed E-state index contributed by atoms with van der Waals surface area (Å²) in [7, 11) is 0. The summed E-state index contributed by atoms with van der Waals surface area (Å²) in [5.41, 5.74) is 3.33. The Morgan fingerprint density at radius 1 is 1.31 bits per heavy atom. The summed E-state index contributed by atoms with van der Waals surface area (Å²) in [5.74, 6) is 4.20. The molecule has 2 heterocycles. The van der Waals surface area contributed by atoms with Crippen LogP contribution in [0.25, 0.3) is 0 Å². The Hall–Kier alpha value is -2.60. The number of halogens is 3. The Morgan fingerprint density at radius 3 is 2.66 bits per heavy atom. The van der Waals surface area contributed by atoms with Crippen molar-refractivity contribution in [3.05, 3.63) is 46.2 Å². The lowest BCUT2D eigenvalue weighted by Gasteiger charge is -2.21. The fourth-order valence-corrected chi connectivity index (χ4v) is 4.29. The number of hydrogen-bond donors (Lipinski definition) is 1. The number of nitrogen functional groups attached to an aromatic ring is 1. The Kier molecular flexibility index (Phi) is 5.85. The van der Waals surface area contributed by atoms with E-state index in [4.69, 9.17) is 5.84 Å². The minimum absolute atomic E-state index is 0.0789. The maximum atomic E-state index is 12.8. The monoisotopic (exact) mass is 442 g/mol. The number of alkyl halides is 3. The van der Waals surface area contributed by atoms with E-state index in [-0.39, 0.29) is 16.8 Å². The van der Waals surface area contributed by atoms with Gasteiger partial charge < -0.3 is 5.84 Å². The van der Waals surface area contributed by atoms with Gasteiger partial charge in [0.2, 0.25) is 11.1 Å². The van der Waals surface area contributed by atoms with Gasteiger partial charge in [-0.15, -0.1) is 21.5 Å². The molecule has 29 heavy (non-hydrogen) atoms. The van der Waals surface area contributed by atoms with Crippen LogP contribution in [-0.2, 0) is 16.7 Å². The number of thiazole rings is 1. The van der Waals surface area contributed by atoms with E-state index in [0.29, 0.717) is 15.5 Å². The average Bonchev–Trinajstić information content (AvgIpc) is 3.23. The molecule has 0 radical (unpaired) electrons. The standard InChI is InChI=1S/C17H17F3N6OS2/c1-9-5-4-6-13(10(9)2)25(11(3)27)15-22-12(7-28-15)8-29-16-24-23-14(26(16)21)17(18,19)20/h4-7H,8,21H2,1-3H3.